The molecule has 1 aromatic rings. The summed E-state index contributed by atoms with van der Waals surface area (Å²) in [4.78, 5) is 14.4. The minimum atomic E-state index is 0.272. The predicted molar refractivity (Wildman–Crippen MR) is 77.4 cm³/mol. The second-order valence-electron chi connectivity index (χ2n) is 5.47. The lowest BCUT2D eigenvalue weighted by Gasteiger charge is -2.24. The van der Waals surface area contributed by atoms with Crippen LogP contribution in [-0.2, 0) is 11.2 Å². The number of halogens is 1. The van der Waals surface area contributed by atoms with Crippen LogP contribution >= 0.6 is 15.9 Å². The molecule has 0 saturated heterocycles. The van der Waals surface area contributed by atoms with Crippen LogP contribution < -0.4 is 0 Å². The minimum Gasteiger partial charge on any atom is -0.339 e. The van der Waals surface area contributed by atoms with Gasteiger partial charge < -0.3 is 4.90 Å². The van der Waals surface area contributed by atoms with E-state index in [-0.39, 0.29) is 5.91 Å². The standard InChI is InChI=1S/C15H20BrNO/c1-11(2)10-17(14-7-8-14)15(18)9-12-3-5-13(16)6-4-12/h3-6,11,14H,7-10H2,1-2H3. The monoisotopic (exact) mass is 309 g/mol. The second-order valence-corrected chi connectivity index (χ2v) is 6.39. The van der Waals surface area contributed by atoms with E-state index < -0.39 is 0 Å². The molecule has 1 aliphatic carbocycles. The lowest BCUT2D eigenvalue weighted by Crippen LogP contribution is -2.37. The van der Waals surface area contributed by atoms with Gasteiger partial charge in [0.1, 0.15) is 0 Å². The molecule has 0 bridgehead atoms. The summed E-state index contributed by atoms with van der Waals surface area (Å²) < 4.78 is 1.06. The first-order chi connectivity index (χ1) is 8.56. The fraction of sp³-hybridized carbons (Fsp3) is 0.533. The van der Waals surface area contributed by atoms with E-state index in [1.165, 1.54) is 12.8 Å². The summed E-state index contributed by atoms with van der Waals surface area (Å²) >= 11 is 3.41. The molecule has 3 heteroatoms. The molecule has 1 aromatic carbocycles. The van der Waals surface area contributed by atoms with Gasteiger partial charge in [-0.1, -0.05) is 41.9 Å². The lowest BCUT2D eigenvalue weighted by atomic mass is 10.1. The molecule has 1 fully saturated rings. The summed E-state index contributed by atoms with van der Waals surface area (Å²) in [6.07, 6.45) is 2.88. The number of nitrogens with zero attached hydrogens (tertiary/aromatic N) is 1. The zero-order chi connectivity index (χ0) is 13.1. The average molecular weight is 310 g/mol. The molecule has 1 amide bonds. The van der Waals surface area contributed by atoms with Gasteiger partial charge in [-0.15, -0.1) is 0 Å². The van der Waals surface area contributed by atoms with Gasteiger partial charge in [-0.2, -0.15) is 0 Å². The molecule has 18 heavy (non-hydrogen) atoms. The van der Waals surface area contributed by atoms with E-state index in [1.807, 2.05) is 24.3 Å². The Labute approximate surface area is 117 Å². The first-order valence-electron chi connectivity index (χ1n) is 6.60. The highest BCUT2D eigenvalue weighted by Crippen LogP contribution is 2.28. The molecule has 0 radical (unpaired) electrons. The Hall–Kier alpha value is -0.830. The van der Waals surface area contributed by atoms with Gasteiger partial charge >= 0.3 is 0 Å². The SMILES string of the molecule is CC(C)CN(C(=O)Cc1ccc(Br)cc1)C1CC1. The van der Waals surface area contributed by atoms with Crippen molar-refractivity contribution in [1.82, 2.24) is 4.90 Å². The van der Waals surface area contributed by atoms with Gasteiger partial charge in [0.15, 0.2) is 0 Å². The van der Waals surface area contributed by atoms with Crippen LogP contribution in [0.1, 0.15) is 32.3 Å². The maximum Gasteiger partial charge on any atom is 0.227 e. The number of benzene rings is 1. The van der Waals surface area contributed by atoms with Crippen molar-refractivity contribution in [2.75, 3.05) is 6.54 Å². The van der Waals surface area contributed by atoms with Crippen LogP contribution in [0.15, 0.2) is 28.7 Å². The number of hydrogen-bond acceptors (Lipinski definition) is 1. The van der Waals surface area contributed by atoms with E-state index >= 15 is 0 Å². The van der Waals surface area contributed by atoms with Gasteiger partial charge in [-0.3, -0.25) is 4.79 Å². The fourth-order valence-electron chi connectivity index (χ4n) is 2.11. The van der Waals surface area contributed by atoms with Gasteiger partial charge in [0.25, 0.3) is 0 Å². The summed E-state index contributed by atoms with van der Waals surface area (Å²) in [6.45, 7) is 5.23. The summed E-state index contributed by atoms with van der Waals surface area (Å²) in [5, 5.41) is 0. The second kappa shape index (κ2) is 5.87. The molecule has 0 spiro atoms. The van der Waals surface area contributed by atoms with Crippen molar-refractivity contribution < 1.29 is 4.79 Å². The number of carbonyl (C=O) groups excluding carboxylic acids is 1. The van der Waals surface area contributed by atoms with E-state index in [9.17, 15) is 4.79 Å². The fourth-order valence-corrected chi connectivity index (χ4v) is 2.38. The summed E-state index contributed by atoms with van der Waals surface area (Å²) in [5.74, 6) is 0.813. The number of hydrogen-bond donors (Lipinski definition) is 0. The van der Waals surface area contributed by atoms with Gasteiger partial charge in [0.05, 0.1) is 6.42 Å². The summed E-state index contributed by atoms with van der Waals surface area (Å²) in [5.41, 5.74) is 1.10. The number of amides is 1. The van der Waals surface area contributed by atoms with Crippen LogP contribution in [0.4, 0.5) is 0 Å². The van der Waals surface area contributed by atoms with Gasteiger partial charge in [0.2, 0.25) is 5.91 Å². The summed E-state index contributed by atoms with van der Waals surface area (Å²) in [6, 6.07) is 8.53. The summed E-state index contributed by atoms with van der Waals surface area (Å²) in [7, 11) is 0. The molecule has 2 rings (SSSR count). The first-order valence-corrected chi connectivity index (χ1v) is 7.39. The Morgan fingerprint density at radius 2 is 1.94 bits per heavy atom. The highest BCUT2D eigenvalue weighted by atomic mass is 79.9. The number of rotatable bonds is 5. The zero-order valence-corrected chi connectivity index (χ0v) is 12.6. The normalized spacial score (nSPS) is 14.9. The van der Waals surface area contributed by atoms with E-state index in [2.05, 4.69) is 34.7 Å². The molecule has 0 unspecified atom stereocenters. The van der Waals surface area contributed by atoms with Crippen molar-refractivity contribution in [3.63, 3.8) is 0 Å². The smallest absolute Gasteiger partial charge is 0.227 e. The topological polar surface area (TPSA) is 20.3 Å². The third-order valence-corrected chi connectivity index (χ3v) is 3.67. The lowest BCUT2D eigenvalue weighted by molar-refractivity contribution is -0.131. The van der Waals surface area contributed by atoms with Gasteiger partial charge in [0, 0.05) is 17.1 Å². The Kier molecular flexibility index (Phi) is 4.44. The van der Waals surface area contributed by atoms with Gasteiger partial charge in [-0.25, -0.2) is 0 Å². The predicted octanol–water partition coefficient (Wildman–Crippen LogP) is 3.64. The Morgan fingerprint density at radius 1 is 1.33 bits per heavy atom. The molecule has 0 aromatic heterocycles. The average Bonchev–Trinajstić information content (AvgIpc) is 3.12. The molecule has 0 heterocycles. The molecular formula is C15H20BrNO. The zero-order valence-electron chi connectivity index (χ0n) is 11.0. The molecular weight excluding hydrogens is 290 g/mol. The Balaban J connectivity index is 1.98. The largest absolute Gasteiger partial charge is 0.339 e. The maximum absolute atomic E-state index is 12.3. The van der Waals surface area contributed by atoms with Crippen LogP contribution in [0.3, 0.4) is 0 Å². The van der Waals surface area contributed by atoms with Crippen molar-refractivity contribution in [3.8, 4) is 0 Å². The van der Waals surface area contributed by atoms with Crippen molar-refractivity contribution in [1.29, 1.82) is 0 Å². The molecule has 1 aliphatic rings. The number of carbonyl (C=O) groups is 1. The third kappa shape index (κ3) is 3.84. The van der Waals surface area contributed by atoms with E-state index in [1.54, 1.807) is 0 Å². The molecule has 0 aliphatic heterocycles. The van der Waals surface area contributed by atoms with Crippen LogP contribution in [0.5, 0.6) is 0 Å². The van der Waals surface area contributed by atoms with E-state index in [4.69, 9.17) is 0 Å². The van der Waals surface area contributed by atoms with Crippen molar-refractivity contribution in [3.05, 3.63) is 34.3 Å². The highest BCUT2D eigenvalue weighted by molar-refractivity contribution is 9.10. The van der Waals surface area contributed by atoms with Crippen LogP contribution in [-0.4, -0.2) is 23.4 Å². The Morgan fingerprint density at radius 3 is 2.44 bits per heavy atom. The van der Waals surface area contributed by atoms with Gasteiger partial charge in [-0.05, 0) is 36.5 Å². The van der Waals surface area contributed by atoms with Crippen LogP contribution in [0.25, 0.3) is 0 Å². The van der Waals surface area contributed by atoms with Crippen LogP contribution in [0, 0.1) is 5.92 Å². The van der Waals surface area contributed by atoms with E-state index in [0.29, 0.717) is 18.4 Å². The van der Waals surface area contributed by atoms with Crippen molar-refractivity contribution in [2.24, 2.45) is 5.92 Å². The Bertz CT molecular complexity index is 409. The highest BCUT2D eigenvalue weighted by Gasteiger charge is 2.32. The third-order valence-electron chi connectivity index (χ3n) is 3.14. The quantitative estimate of drug-likeness (QED) is 0.813. The van der Waals surface area contributed by atoms with Crippen molar-refractivity contribution in [2.45, 2.75) is 39.2 Å². The van der Waals surface area contributed by atoms with Crippen molar-refractivity contribution >= 4 is 21.8 Å². The molecule has 0 atom stereocenters. The van der Waals surface area contributed by atoms with Crippen LogP contribution in [0.2, 0.25) is 0 Å². The first kappa shape index (κ1) is 13.6. The minimum absolute atomic E-state index is 0.272. The maximum atomic E-state index is 12.3. The van der Waals surface area contributed by atoms with E-state index in [0.717, 1.165) is 16.6 Å². The molecule has 1 saturated carbocycles. The molecule has 98 valence electrons. The molecule has 0 N–H and O–H groups in total. The molecule has 2 nitrogen and oxygen atoms in total.